The summed E-state index contributed by atoms with van der Waals surface area (Å²) in [6.45, 7) is 3.80. The molecule has 0 spiro atoms. The van der Waals surface area contributed by atoms with Crippen LogP contribution in [0.15, 0.2) is 39.8 Å². The minimum atomic E-state index is -4.63. The Morgan fingerprint density at radius 1 is 1.25 bits per heavy atom. The lowest BCUT2D eigenvalue weighted by molar-refractivity contribution is -0.110. The van der Waals surface area contributed by atoms with E-state index in [1.807, 2.05) is 13.8 Å². The number of carbonyl (C=O) groups excluding carboxylic acids is 1. The van der Waals surface area contributed by atoms with E-state index in [-0.39, 0.29) is 18.0 Å². The molecule has 0 amide bonds. The summed E-state index contributed by atoms with van der Waals surface area (Å²) in [5, 5.41) is 10.1. The van der Waals surface area contributed by atoms with E-state index in [0.717, 1.165) is 6.08 Å². The van der Waals surface area contributed by atoms with E-state index in [1.165, 1.54) is 6.08 Å². The van der Waals surface area contributed by atoms with Crippen molar-refractivity contribution < 1.29 is 22.9 Å². The molecule has 0 saturated heterocycles. The van der Waals surface area contributed by atoms with E-state index in [4.69, 9.17) is 5.73 Å². The zero-order valence-electron chi connectivity index (χ0n) is 13.1. The first-order valence-electron chi connectivity index (χ1n) is 7.17. The van der Waals surface area contributed by atoms with Crippen LogP contribution in [0.3, 0.4) is 0 Å². The van der Waals surface area contributed by atoms with Crippen molar-refractivity contribution >= 4 is 27.3 Å². The number of rotatable bonds is 2. The Bertz CT molecular complexity index is 968. The molecular weight excluding hydrogens is 332 g/mol. The Morgan fingerprint density at radius 3 is 2.50 bits per heavy atom. The minimum Gasteiger partial charge on any atom is -0.508 e. The molecule has 1 aliphatic heterocycles. The lowest BCUT2D eigenvalue weighted by atomic mass is 9.71. The highest BCUT2D eigenvalue weighted by Crippen LogP contribution is 2.46. The van der Waals surface area contributed by atoms with Gasteiger partial charge in [-0.2, -0.15) is 8.42 Å². The van der Waals surface area contributed by atoms with Gasteiger partial charge in [-0.3, -0.25) is 9.35 Å². The molecule has 24 heavy (non-hydrogen) atoms. The SMILES string of the molecule is CC1(C)C2=CC(=O)C(S(=O)(=O)O)=CC2=Nc2cc(CN)c(O)cc21. The van der Waals surface area contributed by atoms with Crippen molar-refractivity contribution in [1.82, 2.24) is 0 Å². The number of aliphatic imine (C=N–C) groups is 1. The molecule has 1 aromatic carbocycles. The topological polar surface area (TPSA) is 130 Å². The predicted octanol–water partition coefficient (Wildman–Crippen LogP) is 1.50. The zero-order chi connectivity index (χ0) is 17.9. The fourth-order valence-electron chi connectivity index (χ4n) is 3.00. The molecule has 0 atom stereocenters. The standard InChI is InChI=1S/C16H16N2O5S/c1-16(2)9-4-13(19)8(7-17)3-11(9)18-12-6-15(24(21,22)23)14(20)5-10(12)16/h3-6,19H,7,17H2,1-2H3,(H,21,22,23). The van der Waals surface area contributed by atoms with Crippen molar-refractivity contribution in [1.29, 1.82) is 0 Å². The summed E-state index contributed by atoms with van der Waals surface area (Å²) < 4.78 is 31.9. The van der Waals surface area contributed by atoms with Gasteiger partial charge in [0.05, 0.1) is 11.4 Å². The second-order valence-electron chi connectivity index (χ2n) is 6.23. The molecule has 126 valence electrons. The lowest BCUT2D eigenvalue weighted by Crippen LogP contribution is -2.32. The number of nitrogens with two attached hydrogens (primary N) is 1. The van der Waals surface area contributed by atoms with Crippen LogP contribution in [0.4, 0.5) is 5.69 Å². The quantitative estimate of drug-likeness (QED) is 0.548. The van der Waals surface area contributed by atoms with Gasteiger partial charge in [0.15, 0.2) is 5.78 Å². The molecule has 0 saturated carbocycles. The molecule has 0 unspecified atom stereocenters. The third-order valence-electron chi connectivity index (χ3n) is 4.34. The van der Waals surface area contributed by atoms with Crippen LogP contribution in [0.25, 0.3) is 0 Å². The summed E-state index contributed by atoms with van der Waals surface area (Å²) >= 11 is 0. The summed E-state index contributed by atoms with van der Waals surface area (Å²) in [6.07, 6.45) is 2.24. The molecule has 0 fully saturated rings. The maximum Gasteiger partial charge on any atom is 0.298 e. The third-order valence-corrected chi connectivity index (χ3v) is 5.22. The second kappa shape index (κ2) is 5.10. The predicted molar refractivity (Wildman–Crippen MR) is 88.8 cm³/mol. The van der Waals surface area contributed by atoms with Crippen LogP contribution in [0.1, 0.15) is 25.0 Å². The maximum absolute atomic E-state index is 12.1. The highest BCUT2D eigenvalue weighted by atomic mass is 32.2. The number of hydrogen-bond donors (Lipinski definition) is 3. The van der Waals surface area contributed by atoms with Crippen LogP contribution in [0, 0.1) is 0 Å². The summed E-state index contributed by atoms with van der Waals surface area (Å²) in [5.74, 6) is -0.759. The number of phenolic OH excluding ortho intramolecular Hbond substituents is 1. The van der Waals surface area contributed by atoms with Gasteiger partial charge in [-0.1, -0.05) is 13.8 Å². The number of nitrogens with zero attached hydrogens (tertiary/aromatic N) is 1. The first-order chi connectivity index (χ1) is 11.1. The normalized spacial score (nSPS) is 19.0. The van der Waals surface area contributed by atoms with Gasteiger partial charge in [-0.15, -0.1) is 0 Å². The molecular formula is C16H16N2O5S. The summed E-state index contributed by atoms with van der Waals surface area (Å²) in [6, 6.07) is 3.19. The molecule has 0 bridgehead atoms. The van der Waals surface area contributed by atoms with E-state index in [9.17, 15) is 22.9 Å². The van der Waals surface area contributed by atoms with Crippen LogP contribution >= 0.6 is 0 Å². The number of fused-ring (bicyclic) bond motifs is 2. The first-order valence-corrected chi connectivity index (χ1v) is 8.61. The number of hydrogen-bond acceptors (Lipinski definition) is 6. The summed E-state index contributed by atoms with van der Waals surface area (Å²) in [5.41, 5.74) is 7.45. The molecule has 8 heteroatoms. The van der Waals surface area contributed by atoms with Gasteiger partial charge >= 0.3 is 0 Å². The monoisotopic (exact) mass is 348 g/mol. The van der Waals surface area contributed by atoms with Gasteiger partial charge in [0, 0.05) is 17.5 Å². The van der Waals surface area contributed by atoms with Gasteiger partial charge in [0.25, 0.3) is 10.1 Å². The highest BCUT2D eigenvalue weighted by molar-refractivity contribution is 7.91. The smallest absolute Gasteiger partial charge is 0.298 e. The van der Waals surface area contributed by atoms with Crippen molar-refractivity contribution in [2.45, 2.75) is 25.8 Å². The van der Waals surface area contributed by atoms with Gasteiger partial charge in [0.2, 0.25) is 0 Å². The van der Waals surface area contributed by atoms with Crippen molar-refractivity contribution in [2.75, 3.05) is 0 Å². The van der Waals surface area contributed by atoms with E-state index >= 15 is 0 Å². The van der Waals surface area contributed by atoms with E-state index in [2.05, 4.69) is 4.99 Å². The number of allylic oxidation sites excluding steroid dienone is 4. The fraction of sp³-hybridized carbons (Fsp3) is 0.250. The average molecular weight is 348 g/mol. The van der Waals surface area contributed by atoms with Crippen molar-refractivity contribution in [3.05, 3.63) is 45.9 Å². The summed E-state index contributed by atoms with van der Waals surface area (Å²) in [7, 11) is -4.63. The molecule has 1 aromatic rings. The number of phenols is 1. The fourth-order valence-corrected chi connectivity index (χ4v) is 3.57. The van der Waals surface area contributed by atoms with Crippen LogP contribution < -0.4 is 5.73 Å². The number of ketones is 1. The van der Waals surface area contributed by atoms with Crippen molar-refractivity contribution in [2.24, 2.45) is 10.7 Å². The van der Waals surface area contributed by atoms with E-state index in [1.54, 1.807) is 12.1 Å². The minimum absolute atomic E-state index is 0.0416. The van der Waals surface area contributed by atoms with Crippen LogP contribution in [-0.4, -0.2) is 29.6 Å². The molecule has 0 radical (unpaired) electrons. The van der Waals surface area contributed by atoms with Gasteiger partial charge in [-0.05, 0) is 35.4 Å². The van der Waals surface area contributed by atoms with E-state index in [0.29, 0.717) is 22.4 Å². The highest BCUT2D eigenvalue weighted by Gasteiger charge is 2.39. The third kappa shape index (κ3) is 2.39. The lowest BCUT2D eigenvalue weighted by Gasteiger charge is -2.35. The Labute approximate surface area is 139 Å². The zero-order valence-corrected chi connectivity index (χ0v) is 13.9. The Balaban J connectivity index is 2.30. The van der Waals surface area contributed by atoms with Crippen molar-refractivity contribution in [3.8, 4) is 5.75 Å². The number of benzene rings is 1. The maximum atomic E-state index is 12.1. The second-order valence-corrected chi connectivity index (χ2v) is 7.62. The molecule has 3 rings (SSSR count). The number of aromatic hydroxyl groups is 1. The van der Waals surface area contributed by atoms with E-state index < -0.39 is 26.2 Å². The first kappa shape index (κ1) is 16.6. The Kier molecular flexibility index (Phi) is 3.52. The van der Waals surface area contributed by atoms with Crippen LogP contribution in [0.2, 0.25) is 0 Å². The van der Waals surface area contributed by atoms with Gasteiger partial charge in [-0.25, -0.2) is 4.99 Å². The van der Waals surface area contributed by atoms with Crippen LogP contribution in [-0.2, 0) is 26.9 Å². The average Bonchev–Trinajstić information content (AvgIpc) is 2.47. The molecule has 0 aromatic heterocycles. The summed E-state index contributed by atoms with van der Waals surface area (Å²) in [4.78, 5) is 15.7. The molecule has 1 heterocycles. The van der Waals surface area contributed by atoms with Gasteiger partial charge in [0.1, 0.15) is 10.7 Å². The Hall–Kier alpha value is -2.29. The van der Waals surface area contributed by atoms with Crippen molar-refractivity contribution in [3.63, 3.8) is 0 Å². The number of carbonyl (C=O) groups is 1. The van der Waals surface area contributed by atoms with Crippen LogP contribution in [0.5, 0.6) is 5.75 Å². The van der Waals surface area contributed by atoms with Gasteiger partial charge < -0.3 is 10.8 Å². The molecule has 1 aliphatic carbocycles. The molecule has 2 aliphatic rings. The molecule has 7 nitrogen and oxygen atoms in total. The molecule has 4 N–H and O–H groups in total. The largest absolute Gasteiger partial charge is 0.508 e. The Morgan fingerprint density at radius 2 is 1.92 bits per heavy atom.